The molecule has 1 N–H and O–H groups in total. The van der Waals surface area contributed by atoms with Crippen LogP contribution in [0, 0.1) is 0 Å². The molecule has 4 nitrogen and oxygen atoms in total. The maximum atomic E-state index is 11.9. The number of carbonyl (C=O) groups excluding carboxylic acids is 1. The Morgan fingerprint density at radius 1 is 1.24 bits per heavy atom. The van der Waals surface area contributed by atoms with Crippen LogP contribution in [-0.4, -0.2) is 10.9 Å². The fourth-order valence-electron chi connectivity index (χ4n) is 1.64. The SMILES string of the molecule is O=C1Nc2cnc(Cl)cc2Oc2ccccc21. The lowest BCUT2D eigenvalue weighted by Gasteiger charge is -2.06. The molecule has 0 saturated heterocycles. The fraction of sp³-hybridized carbons (Fsp3) is 0. The van der Waals surface area contributed by atoms with E-state index in [1.54, 1.807) is 30.3 Å². The van der Waals surface area contributed by atoms with Crippen molar-refractivity contribution in [2.45, 2.75) is 0 Å². The largest absolute Gasteiger partial charge is 0.454 e. The van der Waals surface area contributed by atoms with Crippen molar-refractivity contribution in [2.24, 2.45) is 0 Å². The molecule has 0 spiro atoms. The van der Waals surface area contributed by atoms with Gasteiger partial charge in [0.05, 0.1) is 11.8 Å². The van der Waals surface area contributed by atoms with Gasteiger partial charge in [0, 0.05) is 6.07 Å². The van der Waals surface area contributed by atoms with E-state index in [4.69, 9.17) is 16.3 Å². The number of para-hydroxylation sites is 1. The third-order valence-electron chi connectivity index (χ3n) is 2.43. The molecular weight excluding hydrogens is 240 g/mol. The fourth-order valence-corrected chi connectivity index (χ4v) is 1.79. The van der Waals surface area contributed by atoms with Gasteiger partial charge < -0.3 is 10.1 Å². The minimum atomic E-state index is -0.219. The molecular formula is C12H7ClN2O2. The van der Waals surface area contributed by atoms with Gasteiger partial charge in [-0.05, 0) is 12.1 Å². The van der Waals surface area contributed by atoms with Crippen LogP contribution in [0.5, 0.6) is 11.5 Å². The molecule has 0 aliphatic carbocycles. The average molecular weight is 247 g/mol. The number of fused-ring (bicyclic) bond motifs is 2. The summed E-state index contributed by atoms with van der Waals surface area (Å²) in [7, 11) is 0. The second kappa shape index (κ2) is 3.75. The number of hydrogen-bond donors (Lipinski definition) is 1. The van der Waals surface area contributed by atoms with Crippen LogP contribution in [0.1, 0.15) is 10.4 Å². The molecule has 0 bridgehead atoms. The lowest BCUT2D eigenvalue weighted by Crippen LogP contribution is -2.10. The summed E-state index contributed by atoms with van der Waals surface area (Å²) in [6.45, 7) is 0. The van der Waals surface area contributed by atoms with Gasteiger partial charge in [-0.25, -0.2) is 4.98 Å². The summed E-state index contributed by atoms with van der Waals surface area (Å²) in [6.07, 6.45) is 1.47. The molecule has 5 heteroatoms. The quantitative estimate of drug-likeness (QED) is 0.727. The first-order valence-corrected chi connectivity index (χ1v) is 5.35. The third kappa shape index (κ3) is 1.72. The van der Waals surface area contributed by atoms with E-state index in [0.717, 1.165) is 0 Å². The number of benzene rings is 1. The molecule has 1 aromatic heterocycles. The highest BCUT2D eigenvalue weighted by molar-refractivity contribution is 6.29. The zero-order valence-corrected chi connectivity index (χ0v) is 9.36. The zero-order valence-electron chi connectivity index (χ0n) is 8.61. The summed E-state index contributed by atoms with van der Waals surface area (Å²) in [5.41, 5.74) is 0.996. The van der Waals surface area contributed by atoms with Crippen molar-refractivity contribution >= 4 is 23.2 Å². The second-order valence-corrected chi connectivity index (χ2v) is 3.94. The van der Waals surface area contributed by atoms with Crippen molar-refractivity contribution in [1.29, 1.82) is 0 Å². The number of anilines is 1. The molecule has 1 amide bonds. The molecule has 1 aromatic carbocycles. The van der Waals surface area contributed by atoms with Crippen LogP contribution >= 0.6 is 11.6 Å². The maximum Gasteiger partial charge on any atom is 0.259 e. The second-order valence-electron chi connectivity index (χ2n) is 3.56. The van der Waals surface area contributed by atoms with Gasteiger partial charge >= 0.3 is 0 Å². The molecule has 0 saturated carbocycles. The molecule has 1 aliphatic heterocycles. The number of aromatic nitrogens is 1. The van der Waals surface area contributed by atoms with Crippen LogP contribution in [0.3, 0.4) is 0 Å². The molecule has 0 radical (unpaired) electrons. The van der Waals surface area contributed by atoms with Gasteiger partial charge in [0.15, 0.2) is 5.75 Å². The van der Waals surface area contributed by atoms with Crippen molar-refractivity contribution in [2.75, 3.05) is 5.32 Å². The molecule has 84 valence electrons. The Kier molecular flexibility index (Phi) is 2.23. The Balaban J connectivity index is 2.18. The van der Waals surface area contributed by atoms with E-state index in [-0.39, 0.29) is 5.91 Å². The lowest BCUT2D eigenvalue weighted by molar-refractivity contribution is 0.102. The van der Waals surface area contributed by atoms with E-state index < -0.39 is 0 Å². The van der Waals surface area contributed by atoms with Crippen LogP contribution in [-0.2, 0) is 0 Å². The molecule has 2 aromatic rings. The van der Waals surface area contributed by atoms with Crippen molar-refractivity contribution in [3.63, 3.8) is 0 Å². The monoisotopic (exact) mass is 246 g/mol. The number of halogens is 1. The normalized spacial score (nSPS) is 12.9. The summed E-state index contributed by atoms with van der Waals surface area (Å²) in [4.78, 5) is 15.8. The number of nitrogens with one attached hydrogen (secondary N) is 1. The standard InChI is InChI=1S/C12H7ClN2O2/c13-11-5-10-8(6-14-11)15-12(16)7-3-1-2-4-9(7)17-10/h1-6H,(H,15,16). The van der Waals surface area contributed by atoms with Gasteiger partial charge in [0.2, 0.25) is 0 Å². The van der Waals surface area contributed by atoms with Gasteiger partial charge in [-0.1, -0.05) is 23.7 Å². The number of nitrogens with zero attached hydrogens (tertiary/aromatic N) is 1. The third-order valence-corrected chi connectivity index (χ3v) is 2.64. The van der Waals surface area contributed by atoms with E-state index >= 15 is 0 Å². The predicted molar refractivity (Wildman–Crippen MR) is 63.7 cm³/mol. The van der Waals surface area contributed by atoms with E-state index in [1.807, 2.05) is 0 Å². The van der Waals surface area contributed by atoms with Gasteiger partial charge in [-0.2, -0.15) is 0 Å². The number of hydrogen-bond acceptors (Lipinski definition) is 3. The van der Waals surface area contributed by atoms with Gasteiger partial charge in [0.1, 0.15) is 16.6 Å². The average Bonchev–Trinajstić information content (AvgIpc) is 2.46. The minimum Gasteiger partial charge on any atom is -0.454 e. The summed E-state index contributed by atoms with van der Waals surface area (Å²) in [5, 5.41) is 3.04. The Morgan fingerprint density at radius 2 is 2.06 bits per heavy atom. The van der Waals surface area contributed by atoms with Crippen molar-refractivity contribution < 1.29 is 9.53 Å². The van der Waals surface area contributed by atoms with Crippen LogP contribution < -0.4 is 10.1 Å². The number of rotatable bonds is 0. The maximum absolute atomic E-state index is 11.9. The van der Waals surface area contributed by atoms with Crippen LogP contribution in [0.25, 0.3) is 0 Å². The van der Waals surface area contributed by atoms with E-state index in [1.165, 1.54) is 6.20 Å². The number of ether oxygens (including phenoxy) is 1. The number of carbonyl (C=O) groups is 1. The van der Waals surface area contributed by atoms with Crippen LogP contribution in [0.2, 0.25) is 5.15 Å². The highest BCUT2D eigenvalue weighted by Gasteiger charge is 2.20. The lowest BCUT2D eigenvalue weighted by atomic mass is 10.2. The smallest absolute Gasteiger partial charge is 0.259 e. The minimum absolute atomic E-state index is 0.219. The van der Waals surface area contributed by atoms with Gasteiger partial charge in [-0.15, -0.1) is 0 Å². The Morgan fingerprint density at radius 3 is 2.94 bits per heavy atom. The van der Waals surface area contributed by atoms with Crippen LogP contribution in [0.15, 0.2) is 36.5 Å². The van der Waals surface area contributed by atoms with Crippen LogP contribution in [0.4, 0.5) is 5.69 Å². The summed E-state index contributed by atoms with van der Waals surface area (Å²) in [6, 6.07) is 8.59. The van der Waals surface area contributed by atoms with Crippen molar-refractivity contribution in [3.05, 3.63) is 47.2 Å². The molecule has 0 fully saturated rings. The Labute approximate surface area is 102 Å². The summed E-state index contributed by atoms with van der Waals surface area (Å²) >= 11 is 5.79. The Hall–Kier alpha value is -2.07. The van der Waals surface area contributed by atoms with E-state index in [9.17, 15) is 4.79 Å². The zero-order chi connectivity index (χ0) is 11.8. The molecule has 2 heterocycles. The molecule has 0 atom stereocenters. The van der Waals surface area contributed by atoms with Crippen molar-refractivity contribution in [3.8, 4) is 11.5 Å². The van der Waals surface area contributed by atoms with Crippen molar-refractivity contribution in [1.82, 2.24) is 4.98 Å². The topological polar surface area (TPSA) is 51.2 Å². The predicted octanol–water partition coefficient (Wildman–Crippen LogP) is 3.09. The molecule has 1 aliphatic rings. The highest BCUT2D eigenvalue weighted by Crippen LogP contribution is 2.35. The highest BCUT2D eigenvalue weighted by atomic mass is 35.5. The summed E-state index contributed by atoms with van der Waals surface area (Å²) in [5.74, 6) is 0.776. The number of amides is 1. The molecule has 17 heavy (non-hydrogen) atoms. The summed E-state index contributed by atoms with van der Waals surface area (Å²) < 4.78 is 5.65. The molecule has 3 rings (SSSR count). The van der Waals surface area contributed by atoms with Gasteiger partial charge in [0.25, 0.3) is 5.91 Å². The number of pyridine rings is 1. The molecule has 0 unspecified atom stereocenters. The van der Waals surface area contributed by atoms with E-state index in [2.05, 4.69) is 10.3 Å². The first-order valence-electron chi connectivity index (χ1n) is 4.98. The van der Waals surface area contributed by atoms with Gasteiger partial charge in [-0.3, -0.25) is 4.79 Å². The Bertz CT molecular complexity index is 613. The first kappa shape index (κ1) is 10.1. The van der Waals surface area contributed by atoms with E-state index in [0.29, 0.717) is 27.9 Å². The first-order chi connectivity index (χ1) is 8.24.